The van der Waals surface area contributed by atoms with E-state index < -0.39 is 7.05 Å². The van der Waals surface area contributed by atoms with E-state index in [4.69, 9.17) is 26.8 Å². The fourth-order valence-corrected chi connectivity index (χ4v) is 12.0. The summed E-state index contributed by atoms with van der Waals surface area (Å²) in [5.41, 5.74) is 30.9. The first-order chi connectivity index (χ1) is 32.0. The summed E-state index contributed by atoms with van der Waals surface area (Å²) in [7, 11) is -2.61. The van der Waals surface area contributed by atoms with E-state index in [0.717, 1.165) is 77.6 Å². The minimum atomic E-state index is -2.61. The van der Waals surface area contributed by atoms with Crippen LogP contribution in [0.1, 0.15) is 135 Å². The van der Waals surface area contributed by atoms with Gasteiger partial charge in [-0.05, 0) is 74.6 Å². The second kappa shape index (κ2) is 26.1. The zero-order valence-electron chi connectivity index (χ0n) is 42.4. The number of nitrogens with one attached hydrogen (secondary N) is 2. The molecule has 0 heterocycles. The van der Waals surface area contributed by atoms with Gasteiger partial charge in [-0.1, -0.05) is 252 Å². The van der Waals surface area contributed by atoms with Gasteiger partial charge in [0, 0.05) is 15.9 Å². The van der Waals surface area contributed by atoms with E-state index in [1.807, 2.05) is 12.1 Å². The number of rotatable bonds is 12. The molecule has 362 valence electrons. The summed E-state index contributed by atoms with van der Waals surface area (Å²) < 4.78 is 0. The van der Waals surface area contributed by atoms with Gasteiger partial charge in [-0.3, -0.25) is 0 Å². The Morgan fingerprint density at radius 1 is 0.471 bits per heavy atom. The third kappa shape index (κ3) is 13.8. The Bertz CT molecular complexity index is 2590. The summed E-state index contributed by atoms with van der Waals surface area (Å²) in [6.45, 7) is 28.1. The van der Waals surface area contributed by atoms with Crippen molar-refractivity contribution in [3.05, 3.63) is 224 Å². The maximum Gasteiger partial charge on any atom is 3.00 e. The zero-order valence-corrected chi connectivity index (χ0v) is 45.0. The van der Waals surface area contributed by atoms with Crippen molar-refractivity contribution < 1.29 is 36.9 Å². The number of hydrogen-bond donors (Lipinski definition) is 0. The van der Waals surface area contributed by atoms with E-state index in [1.54, 1.807) is 0 Å². The summed E-state index contributed by atoms with van der Waals surface area (Å²) >= 11 is 0. The van der Waals surface area contributed by atoms with Crippen LogP contribution in [0.4, 0.5) is 22.7 Å². The van der Waals surface area contributed by atoms with E-state index in [2.05, 4.69) is 235 Å². The molecular weight excluding hydrogens is 1010 g/mol. The summed E-state index contributed by atoms with van der Waals surface area (Å²) in [5, 5.41) is 17.9. The number of benzene rings is 7. The molecule has 2 N–H and O–H groups in total. The van der Waals surface area contributed by atoms with E-state index in [9.17, 15) is 0 Å². The smallest absolute Gasteiger partial charge is 0.698 e. The van der Waals surface area contributed by atoms with Crippen molar-refractivity contribution in [1.29, 1.82) is 0 Å². The summed E-state index contributed by atoms with van der Waals surface area (Å²) in [6, 6.07) is 52.6. The molecule has 7 aromatic rings. The van der Waals surface area contributed by atoms with E-state index >= 15 is 0 Å². The largest absolute Gasteiger partial charge is 3.00 e. The molecule has 0 spiro atoms. The van der Waals surface area contributed by atoms with Crippen LogP contribution in [-0.2, 0) is 6.54 Å². The van der Waals surface area contributed by atoms with Crippen LogP contribution in [0.2, 0.25) is 0 Å². The molecule has 7 rings (SSSR count). The van der Waals surface area contributed by atoms with Crippen molar-refractivity contribution in [3.8, 4) is 0 Å². The van der Waals surface area contributed by atoms with E-state index in [0.29, 0.717) is 30.2 Å². The molecule has 0 bridgehead atoms. The summed E-state index contributed by atoms with van der Waals surface area (Å²) in [6.07, 6.45) is 0. The normalized spacial score (nSPS) is 11.2. The minimum Gasteiger partial charge on any atom is -0.698 e. The number of aryl methyl sites for hydroxylation is 5. The summed E-state index contributed by atoms with van der Waals surface area (Å²) in [4.78, 5) is 5.24. The fraction of sp³-hybridized carbons (Fsp3) is 0.300. The monoisotopic (exact) mass is 1080 g/mol. The number of hydrogen-bond acceptors (Lipinski definition) is 1. The molecule has 0 aliphatic rings. The van der Waals surface area contributed by atoms with Gasteiger partial charge < -0.3 is 16.8 Å². The molecule has 0 atom stereocenters. The Hall–Kier alpha value is -5.00. The van der Waals surface area contributed by atoms with Crippen molar-refractivity contribution in [2.45, 2.75) is 120 Å². The molecule has 0 fully saturated rings. The molecule has 0 unspecified atom stereocenters. The molecule has 7 aromatic carbocycles. The van der Waals surface area contributed by atoms with Gasteiger partial charge in [-0.2, -0.15) is 0 Å². The van der Waals surface area contributed by atoms with Crippen molar-refractivity contribution in [3.63, 3.8) is 0 Å². The number of para-hydroxylation sites is 1. The maximum absolute atomic E-state index is 8.01. The van der Waals surface area contributed by atoms with Crippen LogP contribution in [0.3, 0.4) is 0 Å². The first-order valence-electron chi connectivity index (χ1n) is 23.7. The third-order valence-corrected chi connectivity index (χ3v) is 15.7. The Morgan fingerprint density at radius 2 is 0.853 bits per heavy atom. The Kier molecular flexibility index (Phi) is 21.3. The number of nitrogens with zero attached hydrogens (tertiary/aromatic N) is 4. The van der Waals surface area contributed by atoms with Crippen LogP contribution in [0.25, 0.3) is 16.8 Å². The fourth-order valence-electron chi connectivity index (χ4n) is 8.60. The minimum absolute atomic E-state index is 0. The van der Waals surface area contributed by atoms with Gasteiger partial charge >= 0.3 is 36.9 Å². The molecule has 0 radical (unpaired) electrons. The van der Waals surface area contributed by atoms with Gasteiger partial charge in [-0.25, -0.2) is 0 Å². The van der Waals surface area contributed by atoms with Gasteiger partial charge in [0.15, 0.2) is 0 Å². The molecule has 0 saturated heterocycles. The molecule has 0 aliphatic carbocycles. The Labute approximate surface area is 438 Å². The Balaban J connectivity index is 0.000000304. The zero-order chi connectivity index (χ0) is 48.8. The van der Waals surface area contributed by atoms with Gasteiger partial charge in [-0.15, -0.1) is 33.6 Å². The summed E-state index contributed by atoms with van der Waals surface area (Å²) in [5.74, 6) is 1.80. The third-order valence-electron chi connectivity index (χ3n) is 12.1. The first kappa shape index (κ1) is 55.6. The average Bonchev–Trinajstić information content (AvgIpc) is 3.29. The van der Waals surface area contributed by atoms with Crippen LogP contribution in [-0.4, -0.2) is 0 Å². The molecule has 8 heteroatoms. The van der Waals surface area contributed by atoms with Gasteiger partial charge in [0.2, 0.25) is 0 Å². The second-order valence-corrected chi connectivity index (χ2v) is 21.7. The molecular formula is C60H72LuN6P. The molecule has 0 saturated carbocycles. The van der Waals surface area contributed by atoms with Crippen molar-refractivity contribution in [2.24, 2.45) is 15.2 Å². The van der Waals surface area contributed by atoms with Crippen LogP contribution < -0.4 is 15.9 Å². The van der Waals surface area contributed by atoms with Crippen molar-refractivity contribution in [1.82, 2.24) is 0 Å². The second-order valence-electron chi connectivity index (χ2n) is 18.8. The topological polar surface area (TPSA) is 98.8 Å². The first-order valence-corrected chi connectivity index (χ1v) is 25.4. The van der Waals surface area contributed by atoms with Gasteiger partial charge in [0.05, 0.1) is 12.7 Å². The van der Waals surface area contributed by atoms with Gasteiger partial charge in [0.1, 0.15) is 0 Å². The SMILES string of the molecule is CC(C)c1cccc(C(C)C)c1[NH-].CC(C)c1cccc(C(C)C)c1[NH-].Cc1cc(C)c(N=NN=P(c2ccccc2)(c2ccccc2)c2ccccc2C[N-]c2c(C)cccc2C)c(C)c1.[Lu+3]. The predicted molar refractivity (Wildman–Crippen MR) is 293 cm³/mol. The Morgan fingerprint density at radius 3 is 1.26 bits per heavy atom. The predicted octanol–water partition coefficient (Wildman–Crippen LogP) is 18.8. The molecule has 68 heavy (non-hydrogen) atoms. The van der Waals surface area contributed by atoms with Crippen LogP contribution in [0, 0.1) is 71.5 Å². The molecule has 0 amide bonds. The van der Waals surface area contributed by atoms with Crippen molar-refractivity contribution >= 4 is 45.7 Å². The molecule has 0 aliphatic heterocycles. The van der Waals surface area contributed by atoms with Crippen LogP contribution >= 0.6 is 7.05 Å². The quantitative estimate of drug-likeness (QED) is 0.0662. The molecule has 0 aromatic heterocycles. The van der Waals surface area contributed by atoms with E-state index in [1.165, 1.54) is 16.7 Å². The van der Waals surface area contributed by atoms with Crippen molar-refractivity contribution in [2.75, 3.05) is 0 Å². The maximum atomic E-state index is 8.01. The molecule has 6 nitrogen and oxygen atoms in total. The van der Waals surface area contributed by atoms with Crippen LogP contribution in [0.5, 0.6) is 0 Å². The van der Waals surface area contributed by atoms with E-state index in [-0.39, 0.29) is 36.9 Å². The average molecular weight is 1080 g/mol. The van der Waals surface area contributed by atoms with Crippen LogP contribution in [0.15, 0.2) is 167 Å². The standard InChI is InChI=1S/C36H36N4P.2C12H18N.Lu/c1-26-23-29(4)36(30(5)24-26)38-39-40-41(32-18-8-6-9-19-32,33-20-10-7-11-21-33)34-22-13-12-17-31(34)25-37-35-27(2)15-14-16-28(35)3;2*1-8(2)10-6-5-7-11(9(3)4)12(10)13;/h6-24H,25H2,1-5H3;2*5-9,13H,1-4H3;/q3*-1;+3. The van der Waals surface area contributed by atoms with Gasteiger partial charge in [0.25, 0.3) is 0 Å².